The van der Waals surface area contributed by atoms with E-state index in [0.29, 0.717) is 11.4 Å². The van der Waals surface area contributed by atoms with Crippen molar-refractivity contribution in [3.63, 3.8) is 0 Å². The molecule has 0 bridgehead atoms. The molecular formula is C15H12BrNOS2. The molecule has 5 heteroatoms. The van der Waals surface area contributed by atoms with Crippen LogP contribution in [0, 0.1) is 0 Å². The van der Waals surface area contributed by atoms with Gasteiger partial charge in [0.1, 0.15) is 0 Å². The van der Waals surface area contributed by atoms with Gasteiger partial charge < -0.3 is 5.73 Å². The molecule has 102 valence electrons. The monoisotopic (exact) mass is 365 g/mol. The van der Waals surface area contributed by atoms with Gasteiger partial charge in [-0.3, -0.25) is 4.21 Å². The molecule has 0 spiro atoms. The molecule has 0 aliphatic rings. The summed E-state index contributed by atoms with van der Waals surface area (Å²) in [5, 5.41) is 3.28. The van der Waals surface area contributed by atoms with E-state index < -0.39 is 10.8 Å². The van der Waals surface area contributed by atoms with Crippen molar-refractivity contribution in [1.82, 2.24) is 0 Å². The van der Waals surface area contributed by atoms with Gasteiger partial charge in [-0.05, 0) is 56.5 Å². The molecule has 0 fully saturated rings. The van der Waals surface area contributed by atoms with E-state index in [2.05, 4.69) is 33.4 Å². The number of fused-ring (bicyclic) bond motifs is 1. The molecule has 0 aliphatic heterocycles. The number of nitrogens with two attached hydrogens (primary N) is 1. The van der Waals surface area contributed by atoms with E-state index in [9.17, 15) is 4.21 Å². The summed E-state index contributed by atoms with van der Waals surface area (Å²) in [5.41, 5.74) is 7.51. The molecule has 2 aromatic carbocycles. The molecule has 3 rings (SSSR count). The van der Waals surface area contributed by atoms with Crippen molar-refractivity contribution in [2.45, 2.75) is 10.6 Å². The normalized spacial score (nSPS) is 12.7. The Bertz CT molecular complexity index is 797. The first-order valence-electron chi connectivity index (χ1n) is 6.03. The number of thiophene rings is 1. The van der Waals surface area contributed by atoms with Crippen LogP contribution in [0.15, 0.2) is 57.2 Å². The quantitative estimate of drug-likeness (QED) is 0.691. The topological polar surface area (TPSA) is 43.1 Å². The Hall–Kier alpha value is -1.17. The highest BCUT2D eigenvalue weighted by atomic mass is 79.9. The van der Waals surface area contributed by atoms with Crippen LogP contribution in [-0.4, -0.2) is 4.21 Å². The molecule has 2 N–H and O–H groups in total. The lowest BCUT2D eigenvalue weighted by Crippen LogP contribution is -1.98. The Labute approximate surface area is 132 Å². The summed E-state index contributed by atoms with van der Waals surface area (Å²) in [4.78, 5) is 0.787. The van der Waals surface area contributed by atoms with Gasteiger partial charge in [-0.25, -0.2) is 0 Å². The van der Waals surface area contributed by atoms with Gasteiger partial charge in [-0.15, -0.1) is 11.3 Å². The zero-order chi connectivity index (χ0) is 14.1. The Kier molecular flexibility index (Phi) is 3.92. The lowest BCUT2D eigenvalue weighted by atomic mass is 10.2. The third kappa shape index (κ3) is 2.66. The number of benzene rings is 2. The summed E-state index contributed by atoms with van der Waals surface area (Å²) in [7, 11) is -1.08. The predicted molar refractivity (Wildman–Crippen MR) is 90.5 cm³/mol. The van der Waals surface area contributed by atoms with Gasteiger partial charge in [-0.1, -0.05) is 18.2 Å². The Morgan fingerprint density at radius 2 is 2.00 bits per heavy atom. The van der Waals surface area contributed by atoms with E-state index in [1.54, 1.807) is 23.5 Å². The zero-order valence-electron chi connectivity index (χ0n) is 10.5. The first-order valence-corrected chi connectivity index (χ1v) is 9.03. The average Bonchev–Trinajstić information content (AvgIpc) is 2.82. The summed E-state index contributed by atoms with van der Waals surface area (Å²) >= 11 is 5.12. The predicted octanol–water partition coefficient (Wildman–Crippen LogP) is 4.55. The second-order valence-electron chi connectivity index (χ2n) is 4.44. The maximum absolute atomic E-state index is 12.5. The van der Waals surface area contributed by atoms with Crippen molar-refractivity contribution in [3.05, 3.63) is 57.9 Å². The van der Waals surface area contributed by atoms with Crippen LogP contribution in [0.2, 0.25) is 0 Å². The maximum atomic E-state index is 12.5. The van der Waals surface area contributed by atoms with Crippen molar-refractivity contribution >= 4 is 53.8 Å². The molecule has 0 saturated heterocycles. The standard InChI is InChI=1S/C15H12BrNOS2/c16-13-7-11(17)5-6-15(13)20(18)9-10-8-19-14-4-2-1-3-12(10)14/h1-8H,9,17H2. The summed E-state index contributed by atoms with van der Waals surface area (Å²) in [6.07, 6.45) is 0. The number of rotatable bonds is 3. The number of anilines is 1. The molecule has 0 aliphatic carbocycles. The molecule has 0 saturated carbocycles. The molecule has 3 aromatic rings. The molecule has 20 heavy (non-hydrogen) atoms. The molecule has 1 aromatic heterocycles. The number of halogens is 1. The van der Waals surface area contributed by atoms with Crippen LogP contribution < -0.4 is 5.73 Å². The fourth-order valence-corrected chi connectivity index (χ4v) is 5.24. The van der Waals surface area contributed by atoms with Gasteiger partial charge >= 0.3 is 0 Å². The van der Waals surface area contributed by atoms with Crippen LogP contribution in [0.25, 0.3) is 10.1 Å². The minimum atomic E-state index is -1.08. The largest absolute Gasteiger partial charge is 0.399 e. The number of nitrogen functional groups attached to an aromatic ring is 1. The highest BCUT2D eigenvalue weighted by molar-refractivity contribution is 9.10. The van der Waals surface area contributed by atoms with E-state index in [4.69, 9.17) is 5.73 Å². The Morgan fingerprint density at radius 3 is 2.80 bits per heavy atom. The summed E-state index contributed by atoms with van der Waals surface area (Å²) in [6, 6.07) is 13.6. The van der Waals surface area contributed by atoms with Crippen molar-refractivity contribution in [2.75, 3.05) is 5.73 Å². The summed E-state index contributed by atoms with van der Waals surface area (Å²) in [6.45, 7) is 0. The van der Waals surface area contributed by atoms with E-state index in [-0.39, 0.29) is 0 Å². The highest BCUT2D eigenvalue weighted by Crippen LogP contribution is 2.29. The van der Waals surface area contributed by atoms with E-state index in [1.807, 2.05) is 18.2 Å². The van der Waals surface area contributed by atoms with Crippen molar-refractivity contribution in [1.29, 1.82) is 0 Å². The van der Waals surface area contributed by atoms with Crippen molar-refractivity contribution < 1.29 is 4.21 Å². The van der Waals surface area contributed by atoms with Crippen LogP contribution in [0.4, 0.5) is 5.69 Å². The molecule has 0 amide bonds. The maximum Gasteiger partial charge on any atom is 0.0586 e. The SMILES string of the molecule is Nc1ccc(S(=O)Cc2csc3ccccc23)c(Br)c1. The molecule has 1 heterocycles. The fraction of sp³-hybridized carbons (Fsp3) is 0.0667. The van der Waals surface area contributed by atoms with Crippen LogP contribution >= 0.6 is 27.3 Å². The van der Waals surface area contributed by atoms with Crippen LogP contribution in [0.1, 0.15) is 5.56 Å². The second kappa shape index (κ2) is 5.68. The van der Waals surface area contributed by atoms with Crippen molar-refractivity contribution in [3.8, 4) is 0 Å². The van der Waals surface area contributed by atoms with E-state index in [0.717, 1.165) is 14.9 Å². The van der Waals surface area contributed by atoms with Gasteiger partial charge in [-0.2, -0.15) is 0 Å². The van der Waals surface area contributed by atoms with Crippen molar-refractivity contribution in [2.24, 2.45) is 0 Å². The number of hydrogen-bond donors (Lipinski definition) is 1. The summed E-state index contributed by atoms with van der Waals surface area (Å²) < 4.78 is 14.6. The fourth-order valence-electron chi connectivity index (χ4n) is 2.07. The summed E-state index contributed by atoms with van der Waals surface area (Å²) in [5.74, 6) is 0.520. The third-order valence-electron chi connectivity index (χ3n) is 3.05. The number of hydrogen-bond acceptors (Lipinski definition) is 3. The third-order valence-corrected chi connectivity index (χ3v) is 6.40. The van der Waals surface area contributed by atoms with Crippen LogP contribution in [-0.2, 0) is 16.6 Å². The minimum Gasteiger partial charge on any atom is -0.399 e. The lowest BCUT2D eigenvalue weighted by Gasteiger charge is -2.05. The molecule has 2 nitrogen and oxygen atoms in total. The Morgan fingerprint density at radius 1 is 1.20 bits per heavy atom. The minimum absolute atomic E-state index is 0.520. The lowest BCUT2D eigenvalue weighted by molar-refractivity contribution is 0.682. The van der Waals surface area contributed by atoms with Gasteiger partial charge in [0.05, 0.1) is 21.4 Å². The second-order valence-corrected chi connectivity index (χ2v) is 7.62. The smallest absolute Gasteiger partial charge is 0.0586 e. The first kappa shape index (κ1) is 13.8. The zero-order valence-corrected chi connectivity index (χ0v) is 13.7. The Balaban J connectivity index is 1.92. The van der Waals surface area contributed by atoms with Gasteiger partial charge in [0.15, 0.2) is 0 Å². The van der Waals surface area contributed by atoms with Crippen LogP contribution in [0.3, 0.4) is 0 Å². The average molecular weight is 366 g/mol. The highest BCUT2D eigenvalue weighted by Gasteiger charge is 2.12. The molecule has 1 atom stereocenters. The van der Waals surface area contributed by atoms with Gasteiger partial charge in [0, 0.05) is 14.9 Å². The van der Waals surface area contributed by atoms with E-state index >= 15 is 0 Å². The molecule has 1 unspecified atom stereocenters. The van der Waals surface area contributed by atoms with Gasteiger partial charge in [0.2, 0.25) is 0 Å². The van der Waals surface area contributed by atoms with E-state index in [1.165, 1.54) is 10.1 Å². The molecule has 0 radical (unpaired) electrons. The van der Waals surface area contributed by atoms with Gasteiger partial charge in [0.25, 0.3) is 0 Å². The molecular weight excluding hydrogens is 354 g/mol. The van der Waals surface area contributed by atoms with Crippen LogP contribution in [0.5, 0.6) is 0 Å². The first-order chi connectivity index (χ1) is 9.65.